The predicted molar refractivity (Wildman–Crippen MR) is 148 cm³/mol. The maximum atomic E-state index is 12.6. The summed E-state index contributed by atoms with van der Waals surface area (Å²) in [5, 5.41) is 0. The molecule has 0 aliphatic heterocycles. The maximum absolute atomic E-state index is 12.6. The van der Waals surface area contributed by atoms with E-state index in [0.717, 1.165) is 19.3 Å². The van der Waals surface area contributed by atoms with Crippen LogP contribution in [-0.2, 0) is 35.1 Å². The van der Waals surface area contributed by atoms with Crippen molar-refractivity contribution in [1.82, 2.24) is 0 Å². The molecule has 0 heterocycles. The summed E-state index contributed by atoms with van der Waals surface area (Å²) in [4.78, 5) is 49.5. The number of rotatable bonds is 18. The van der Waals surface area contributed by atoms with Gasteiger partial charge >= 0.3 is 23.9 Å². The molecule has 0 amide bonds. The second kappa shape index (κ2) is 17.6. The molecule has 0 aliphatic rings. The van der Waals surface area contributed by atoms with Gasteiger partial charge in [0.25, 0.3) is 0 Å². The second-order valence-corrected chi connectivity index (χ2v) is 10.8. The molecule has 0 spiro atoms. The van der Waals surface area contributed by atoms with Crippen molar-refractivity contribution in [2.24, 2.45) is 17.6 Å². The van der Waals surface area contributed by atoms with E-state index in [-0.39, 0.29) is 49.8 Å². The molecule has 1 atom stereocenters. The van der Waals surface area contributed by atoms with E-state index in [9.17, 15) is 19.2 Å². The monoisotopic (exact) mass is 549 g/mol. The van der Waals surface area contributed by atoms with E-state index in [1.165, 1.54) is 13.2 Å². The number of nitrogens with two attached hydrogens (primary N) is 1. The van der Waals surface area contributed by atoms with E-state index in [0.29, 0.717) is 36.7 Å². The smallest absolute Gasteiger partial charge is 0.326 e. The quantitative estimate of drug-likeness (QED) is 0.147. The summed E-state index contributed by atoms with van der Waals surface area (Å²) in [5.41, 5.74) is 5.52. The number of esters is 4. The van der Waals surface area contributed by atoms with Gasteiger partial charge in [-0.3, -0.25) is 19.2 Å². The Morgan fingerprint density at radius 3 is 1.97 bits per heavy atom. The lowest BCUT2D eigenvalue weighted by Crippen LogP contribution is -2.51. The molecule has 39 heavy (non-hydrogen) atoms. The molecule has 0 radical (unpaired) electrons. The highest BCUT2D eigenvalue weighted by atomic mass is 16.6. The van der Waals surface area contributed by atoms with Gasteiger partial charge in [0.1, 0.15) is 5.54 Å². The maximum Gasteiger partial charge on any atom is 0.326 e. The topological polar surface area (TPSA) is 131 Å². The Morgan fingerprint density at radius 1 is 0.846 bits per heavy atom. The third-order valence-electron chi connectivity index (χ3n) is 6.21. The lowest BCUT2D eigenvalue weighted by molar-refractivity contribution is -0.151. The van der Waals surface area contributed by atoms with Crippen molar-refractivity contribution in [1.29, 1.82) is 0 Å². The fourth-order valence-corrected chi connectivity index (χ4v) is 3.76. The standard InChI is InChI=1S/C30H47NO8/c1-7-8-9-10-26(32)37-18-17-30(31,29(35)36-6)20-23-13-14-24(38-27(33)15-11-21(2)3)25(19-23)39-28(34)16-12-22(4)5/h13-14,19,21-22H,7-12,15-18,20,31H2,1-6H3/t30-/m1/s1. The molecule has 0 aromatic heterocycles. The fraction of sp³-hybridized carbons (Fsp3) is 0.667. The third kappa shape index (κ3) is 13.6. The molecule has 9 nitrogen and oxygen atoms in total. The van der Waals surface area contributed by atoms with Crippen LogP contribution in [0, 0.1) is 11.8 Å². The molecular weight excluding hydrogens is 502 g/mol. The highest BCUT2D eigenvalue weighted by molar-refractivity contribution is 5.81. The van der Waals surface area contributed by atoms with E-state index < -0.39 is 23.4 Å². The Balaban J connectivity index is 3.09. The Morgan fingerprint density at radius 2 is 1.44 bits per heavy atom. The van der Waals surface area contributed by atoms with E-state index in [1.54, 1.807) is 12.1 Å². The summed E-state index contributed by atoms with van der Waals surface area (Å²) < 4.78 is 21.3. The van der Waals surface area contributed by atoms with Gasteiger partial charge in [0.05, 0.1) is 13.7 Å². The van der Waals surface area contributed by atoms with Gasteiger partial charge < -0.3 is 24.7 Å². The van der Waals surface area contributed by atoms with Crippen molar-refractivity contribution < 1.29 is 38.1 Å². The van der Waals surface area contributed by atoms with Gasteiger partial charge in [-0.15, -0.1) is 0 Å². The van der Waals surface area contributed by atoms with Crippen LogP contribution in [0.4, 0.5) is 0 Å². The van der Waals surface area contributed by atoms with Crippen LogP contribution < -0.4 is 15.2 Å². The largest absolute Gasteiger partial charge is 0.468 e. The van der Waals surface area contributed by atoms with Crippen LogP contribution >= 0.6 is 0 Å². The van der Waals surface area contributed by atoms with Gasteiger partial charge in [-0.25, -0.2) is 0 Å². The molecule has 220 valence electrons. The molecular formula is C30H47NO8. The highest BCUT2D eigenvalue weighted by Crippen LogP contribution is 2.31. The average molecular weight is 550 g/mol. The van der Waals surface area contributed by atoms with E-state index in [2.05, 4.69) is 0 Å². The number of hydrogen-bond donors (Lipinski definition) is 1. The van der Waals surface area contributed by atoms with Crippen molar-refractivity contribution in [2.45, 2.75) is 104 Å². The Kier molecular flexibility index (Phi) is 15.4. The van der Waals surface area contributed by atoms with Crippen LogP contribution in [0.25, 0.3) is 0 Å². The van der Waals surface area contributed by atoms with Gasteiger partial charge in [0, 0.05) is 32.1 Å². The van der Waals surface area contributed by atoms with Crippen LogP contribution in [0.2, 0.25) is 0 Å². The number of benzene rings is 1. The molecule has 0 fully saturated rings. The summed E-state index contributed by atoms with van der Waals surface area (Å²) in [6, 6.07) is 4.72. The van der Waals surface area contributed by atoms with Crippen LogP contribution in [-0.4, -0.2) is 43.1 Å². The zero-order chi connectivity index (χ0) is 29.4. The van der Waals surface area contributed by atoms with Gasteiger partial charge in [-0.05, 0) is 48.8 Å². The van der Waals surface area contributed by atoms with E-state index in [4.69, 9.17) is 24.7 Å². The lowest BCUT2D eigenvalue weighted by atomic mass is 9.88. The normalized spacial score (nSPS) is 12.6. The van der Waals surface area contributed by atoms with E-state index in [1.807, 2.05) is 34.6 Å². The molecule has 9 heteroatoms. The minimum Gasteiger partial charge on any atom is -0.468 e. The van der Waals surface area contributed by atoms with Crippen LogP contribution in [0.3, 0.4) is 0 Å². The lowest BCUT2D eigenvalue weighted by Gasteiger charge is -2.27. The summed E-state index contributed by atoms with van der Waals surface area (Å²) in [6.45, 7) is 10.0. The molecule has 0 saturated heterocycles. The number of carbonyl (C=O) groups is 4. The van der Waals surface area contributed by atoms with Crippen LogP contribution in [0.5, 0.6) is 11.5 Å². The first-order valence-electron chi connectivity index (χ1n) is 14.0. The third-order valence-corrected chi connectivity index (χ3v) is 6.21. The Labute approximate surface area is 233 Å². The number of unbranched alkanes of at least 4 members (excludes halogenated alkanes) is 2. The Bertz CT molecular complexity index is 943. The van der Waals surface area contributed by atoms with Crippen LogP contribution in [0.1, 0.15) is 98.0 Å². The number of methoxy groups -OCH3 is 1. The Hall–Kier alpha value is -2.94. The molecule has 1 aromatic rings. The van der Waals surface area contributed by atoms with Gasteiger partial charge in [0.2, 0.25) is 0 Å². The number of ether oxygens (including phenoxy) is 4. The molecule has 0 saturated carbocycles. The van der Waals surface area contributed by atoms with Crippen molar-refractivity contribution in [2.75, 3.05) is 13.7 Å². The molecule has 0 unspecified atom stereocenters. The van der Waals surface area contributed by atoms with Crippen molar-refractivity contribution in [3.8, 4) is 11.5 Å². The van der Waals surface area contributed by atoms with Crippen molar-refractivity contribution in [3.05, 3.63) is 23.8 Å². The second-order valence-electron chi connectivity index (χ2n) is 10.8. The van der Waals surface area contributed by atoms with Gasteiger partial charge in [-0.1, -0.05) is 53.5 Å². The highest BCUT2D eigenvalue weighted by Gasteiger charge is 2.36. The molecule has 0 aliphatic carbocycles. The summed E-state index contributed by atoms with van der Waals surface area (Å²) in [5.74, 6) is -1.04. The predicted octanol–water partition coefficient (Wildman–Crippen LogP) is 5.30. The number of carbonyl (C=O) groups excluding carboxylic acids is 4. The van der Waals surface area contributed by atoms with Crippen LogP contribution in [0.15, 0.2) is 18.2 Å². The first kappa shape index (κ1) is 34.1. The average Bonchev–Trinajstić information content (AvgIpc) is 2.87. The zero-order valence-corrected chi connectivity index (χ0v) is 24.5. The van der Waals surface area contributed by atoms with Crippen molar-refractivity contribution >= 4 is 23.9 Å². The number of hydrogen-bond acceptors (Lipinski definition) is 9. The minimum absolute atomic E-state index is 0.0190. The summed E-state index contributed by atoms with van der Waals surface area (Å²) >= 11 is 0. The molecule has 0 bridgehead atoms. The summed E-state index contributed by atoms with van der Waals surface area (Å²) in [6.07, 6.45) is 4.78. The van der Waals surface area contributed by atoms with Crippen molar-refractivity contribution in [3.63, 3.8) is 0 Å². The summed E-state index contributed by atoms with van der Waals surface area (Å²) in [7, 11) is 1.24. The fourth-order valence-electron chi connectivity index (χ4n) is 3.76. The minimum atomic E-state index is -1.49. The van der Waals surface area contributed by atoms with E-state index >= 15 is 0 Å². The molecule has 2 N–H and O–H groups in total. The SMILES string of the molecule is CCCCCC(=O)OCC[C@@](N)(Cc1ccc(OC(=O)CCC(C)C)c(OC(=O)CCC(C)C)c1)C(=O)OC. The molecule has 1 rings (SSSR count). The van der Waals surface area contributed by atoms with Gasteiger partial charge in [-0.2, -0.15) is 0 Å². The first-order valence-corrected chi connectivity index (χ1v) is 14.0. The zero-order valence-electron chi connectivity index (χ0n) is 24.5. The van der Waals surface area contributed by atoms with Gasteiger partial charge in [0.15, 0.2) is 11.5 Å². The molecule has 1 aromatic carbocycles. The first-order chi connectivity index (χ1) is 18.4.